The molecule has 0 fully saturated rings. The zero-order valence-electron chi connectivity index (χ0n) is 10.8. The van der Waals surface area contributed by atoms with Gasteiger partial charge in [-0.2, -0.15) is 26.3 Å². The van der Waals surface area contributed by atoms with Gasteiger partial charge < -0.3 is 4.74 Å². The van der Waals surface area contributed by atoms with Crippen LogP contribution in [0.2, 0.25) is 0 Å². The van der Waals surface area contributed by atoms with Crippen LogP contribution in [0.4, 0.5) is 26.3 Å². The van der Waals surface area contributed by atoms with Crippen LogP contribution in [0.5, 0.6) is 0 Å². The Bertz CT molecular complexity index is 457. The summed E-state index contributed by atoms with van der Waals surface area (Å²) < 4.78 is 80.4. The second-order valence-electron chi connectivity index (χ2n) is 3.58. The van der Waals surface area contributed by atoms with Gasteiger partial charge in [-0.25, -0.2) is 0 Å². The largest absolute Gasteiger partial charge is 0.457 e. The van der Waals surface area contributed by atoms with Crippen LogP contribution in [0.1, 0.15) is 0 Å². The van der Waals surface area contributed by atoms with Gasteiger partial charge in [-0.05, 0) is 12.2 Å². The fraction of sp³-hybridized carbons (Fsp3) is 0.143. The van der Waals surface area contributed by atoms with E-state index in [2.05, 4.69) is 31.1 Å². The Morgan fingerprint density at radius 3 is 1.19 bits per heavy atom. The van der Waals surface area contributed by atoms with Crippen LogP contribution in [0, 0.1) is 0 Å². The molecule has 0 saturated heterocycles. The molecule has 0 spiro atoms. The van der Waals surface area contributed by atoms with E-state index in [1.54, 1.807) is 0 Å². The van der Waals surface area contributed by atoms with Crippen molar-refractivity contribution < 1.29 is 31.1 Å². The summed E-state index contributed by atoms with van der Waals surface area (Å²) in [5, 5.41) is 0. The number of allylic oxidation sites excluding steroid dienone is 6. The third kappa shape index (κ3) is 5.76. The van der Waals surface area contributed by atoms with Gasteiger partial charge in [0.15, 0.2) is 0 Å². The normalized spacial score (nSPS) is 13.6. The molecule has 0 aliphatic heterocycles. The van der Waals surface area contributed by atoms with Crippen molar-refractivity contribution in [2.75, 3.05) is 0 Å². The van der Waals surface area contributed by atoms with Crippen LogP contribution < -0.4 is 0 Å². The van der Waals surface area contributed by atoms with E-state index in [1.807, 2.05) is 0 Å². The van der Waals surface area contributed by atoms with Crippen molar-refractivity contribution in [3.8, 4) is 0 Å². The minimum atomic E-state index is -4.86. The highest BCUT2D eigenvalue weighted by atomic mass is 19.4. The highest BCUT2D eigenvalue weighted by Crippen LogP contribution is 2.36. The molecule has 0 heterocycles. The van der Waals surface area contributed by atoms with Crippen molar-refractivity contribution in [2.24, 2.45) is 0 Å². The fourth-order valence-electron chi connectivity index (χ4n) is 1.19. The molecule has 1 nitrogen and oxygen atoms in total. The Morgan fingerprint density at radius 2 is 1.00 bits per heavy atom. The lowest BCUT2D eigenvalue weighted by Gasteiger charge is -2.18. The maximum atomic E-state index is 12.7. The van der Waals surface area contributed by atoms with Crippen LogP contribution in [0.15, 0.2) is 73.3 Å². The fourth-order valence-corrected chi connectivity index (χ4v) is 1.19. The number of alkyl halides is 6. The van der Waals surface area contributed by atoms with E-state index in [9.17, 15) is 26.3 Å². The van der Waals surface area contributed by atoms with Crippen molar-refractivity contribution >= 4 is 0 Å². The van der Waals surface area contributed by atoms with E-state index in [1.165, 1.54) is 0 Å². The summed E-state index contributed by atoms with van der Waals surface area (Å²) in [7, 11) is 0. The van der Waals surface area contributed by atoms with Crippen LogP contribution in [-0.4, -0.2) is 12.4 Å². The summed E-state index contributed by atoms with van der Waals surface area (Å²) in [6, 6.07) is 0. The minimum absolute atomic E-state index is 0.528. The molecule has 0 amide bonds. The van der Waals surface area contributed by atoms with Crippen molar-refractivity contribution in [1.82, 2.24) is 0 Å². The molecule has 0 atom stereocenters. The standard InChI is InChI=1S/C14H12F6O/c1-5-7-11(13(15,16)17)9(3)21-10(4)12(8-6-2)14(18,19)20/h5-8H,1-4H2/b11-7+,12-8+. The molecule has 7 heteroatoms. The van der Waals surface area contributed by atoms with E-state index in [-0.39, 0.29) is 0 Å². The van der Waals surface area contributed by atoms with Crippen LogP contribution in [-0.2, 0) is 4.74 Å². The molecular formula is C14H12F6O. The van der Waals surface area contributed by atoms with Gasteiger partial charge in [-0.15, -0.1) is 0 Å². The summed E-state index contributed by atoms with van der Waals surface area (Å²) >= 11 is 0. The SMILES string of the molecule is C=C/C=C(\C(=C)OC(=C)/C(=C\C=C)C(F)(F)F)C(F)(F)F. The average molecular weight is 310 g/mol. The quantitative estimate of drug-likeness (QED) is 0.363. The summed E-state index contributed by atoms with van der Waals surface area (Å²) in [6.07, 6.45) is -7.03. The zero-order valence-corrected chi connectivity index (χ0v) is 10.8. The molecule has 116 valence electrons. The summed E-state index contributed by atoms with van der Waals surface area (Å²) in [5.74, 6) is -2.04. The van der Waals surface area contributed by atoms with Gasteiger partial charge in [0.25, 0.3) is 0 Å². The third-order valence-corrected chi connectivity index (χ3v) is 2.03. The lowest BCUT2D eigenvalue weighted by molar-refractivity contribution is -0.0963. The highest BCUT2D eigenvalue weighted by Gasteiger charge is 2.39. The van der Waals surface area contributed by atoms with Crippen molar-refractivity contribution in [3.63, 3.8) is 0 Å². The number of halogens is 6. The summed E-state index contributed by atoms with van der Waals surface area (Å²) in [6.45, 7) is 12.1. The van der Waals surface area contributed by atoms with E-state index in [0.29, 0.717) is 12.2 Å². The third-order valence-electron chi connectivity index (χ3n) is 2.03. The minimum Gasteiger partial charge on any atom is -0.457 e. The Kier molecular flexibility index (Phi) is 6.28. The van der Waals surface area contributed by atoms with Crippen LogP contribution in [0.25, 0.3) is 0 Å². The zero-order chi connectivity index (χ0) is 16.8. The Labute approximate surface area is 117 Å². The van der Waals surface area contributed by atoms with E-state index < -0.39 is 35.0 Å². The van der Waals surface area contributed by atoms with Crippen molar-refractivity contribution in [1.29, 1.82) is 0 Å². The molecule has 0 aromatic rings. The molecule has 0 aliphatic carbocycles. The van der Waals surface area contributed by atoms with Gasteiger partial charge in [0.1, 0.15) is 11.5 Å². The number of rotatable bonds is 6. The smallest absolute Gasteiger partial charge is 0.419 e. The van der Waals surface area contributed by atoms with Gasteiger partial charge >= 0.3 is 12.4 Å². The number of ether oxygens (including phenoxy) is 1. The monoisotopic (exact) mass is 310 g/mol. The molecule has 0 rings (SSSR count). The molecule has 0 unspecified atom stereocenters. The summed E-state index contributed by atoms with van der Waals surface area (Å²) in [4.78, 5) is 0. The second-order valence-corrected chi connectivity index (χ2v) is 3.58. The molecule has 0 N–H and O–H groups in total. The number of hydrogen-bond acceptors (Lipinski definition) is 1. The molecular weight excluding hydrogens is 298 g/mol. The molecule has 0 radical (unpaired) electrons. The van der Waals surface area contributed by atoms with Crippen LogP contribution >= 0.6 is 0 Å². The van der Waals surface area contributed by atoms with Gasteiger partial charge in [-0.1, -0.05) is 38.5 Å². The molecule has 0 saturated carbocycles. The van der Waals surface area contributed by atoms with Crippen molar-refractivity contribution in [3.05, 3.63) is 73.3 Å². The molecule has 0 bridgehead atoms. The van der Waals surface area contributed by atoms with Gasteiger partial charge in [-0.3, -0.25) is 0 Å². The van der Waals surface area contributed by atoms with Gasteiger partial charge in [0.2, 0.25) is 0 Å². The van der Waals surface area contributed by atoms with E-state index >= 15 is 0 Å². The van der Waals surface area contributed by atoms with Gasteiger partial charge in [0, 0.05) is 0 Å². The first-order valence-electron chi connectivity index (χ1n) is 5.31. The maximum absolute atomic E-state index is 12.7. The second kappa shape index (κ2) is 7.01. The highest BCUT2D eigenvalue weighted by molar-refractivity contribution is 5.37. The van der Waals surface area contributed by atoms with Gasteiger partial charge in [0.05, 0.1) is 11.1 Å². The Morgan fingerprint density at radius 1 is 0.714 bits per heavy atom. The number of hydrogen-bond donors (Lipinski definition) is 0. The Hall–Kier alpha value is -2.18. The molecule has 0 aromatic carbocycles. The summed E-state index contributed by atoms with van der Waals surface area (Å²) in [5.41, 5.74) is -2.72. The topological polar surface area (TPSA) is 9.23 Å². The molecule has 0 aliphatic rings. The predicted molar refractivity (Wildman–Crippen MR) is 68.0 cm³/mol. The van der Waals surface area contributed by atoms with Crippen LogP contribution in [0.3, 0.4) is 0 Å². The molecule has 0 aromatic heterocycles. The first kappa shape index (κ1) is 18.8. The lowest BCUT2D eigenvalue weighted by atomic mass is 10.2. The van der Waals surface area contributed by atoms with E-state index in [4.69, 9.17) is 0 Å². The Balaban J connectivity index is 5.38. The van der Waals surface area contributed by atoms with E-state index in [0.717, 1.165) is 12.2 Å². The lowest BCUT2D eigenvalue weighted by Crippen LogP contribution is -2.18. The molecule has 21 heavy (non-hydrogen) atoms. The predicted octanol–water partition coefficient (Wildman–Crippen LogP) is 5.38. The first-order chi connectivity index (χ1) is 9.45. The first-order valence-corrected chi connectivity index (χ1v) is 5.31. The average Bonchev–Trinajstić information content (AvgIpc) is 2.29. The van der Waals surface area contributed by atoms with Crippen molar-refractivity contribution in [2.45, 2.75) is 12.4 Å². The maximum Gasteiger partial charge on any atom is 0.419 e.